The summed E-state index contributed by atoms with van der Waals surface area (Å²) < 4.78 is 5.72. The average Bonchev–Trinajstić information content (AvgIpc) is 2.74. The number of benzene rings is 1. The van der Waals surface area contributed by atoms with E-state index in [9.17, 15) is 0 Å². The number of aromatic nitrogens is 1. The molecule has 2 aliphatic rings. The lowest BCUT2D eigenvalue weighted by Gasteiger charge is -2.43. The Hall–Kier alpha value is -2.07. The molecule has 0 radical (unpaired) electrons. The van der Waals surface area contributed by atoms with Gasteiger partial charge >= 0.3 is 0 Å². The lowest BCUT2D eigenvalue weighted by atomic mass is 9.69. The van der Waals surface area contributed by atoms with Crippen LogP contribution in [0.1, 0.15) is 56.2 Å². The van der Waals surface area contributed by atoms with Crippen LogP contribution in [0.2, 0.25) is 0 Å². The van der Waals surface area contributed by atoms with E-state index in [1.807, 2.05) is 25.3 Å². The minimum Gasteiger partial charge on any atom is -0.493 e. The van der Waals surface area contributed by atoms with Crippen LogP contribution in [0.5, 0.6) is 5.75 Å². The van der Waals surface area contributed by atoms with Crippen molar-refractivity contribution in [2.45, 2.75) is 64.5 Å². The maximum Gasteiger partial charge on any atom is 0.165 e. The first-order valence-corrected chi connectivity index (χ1v) is 10.7. The normalized spacial score (nSPS) is 24.4. The molecule has 2 aromatic rings. The van der Waals surface area contributed by atoms with Gasteiger partial charge in [-0.3, -0.25) is 9.82 Å². The molecule has 2 saturated carbocycles. The van der Waals surface area contributed by atoms with E-state index in [1.165, 1.54) is 50.5 Å². The summed E-state index contributed by atoms with van der Waals surface area (Å²) in [6.45, 7) is 2.56. The third-order valence-corrected chi connectivity index (χ3v) is 6.56. The summed E-state index contributed by atoms with van der Waals surface area (Å²) in [7, 11) is 1.72. The summed E-state index contributed by atoms with van der Waals surface area (Å²) in [6, 6.07) is 12.8. The third kappa shape index (κ3) is 4.17. The Morgan fingerprint density at radius 2 is 1.79 bits per heavy atom. The van der Waals surface area contributed by atoms with Crippen molar-refractivity contribution in [3.63, 3.8) is 0 Å². The van der Waals surface area contributed by atoms with E-state index in [1.54, 1.807) is 7.11 Å². The van der Waals surface area contributed by atoms with Crippen LogP contribution in [0.3, 0.4) is 0 Å². The van der Waals surface area contributed by atoms with Crippen molar-refractivity contribution in [3.8, 4) is 5.75 Å². The van der Waals surface area contributed by atoms with Crippen LogP contribution in [0, 0.1) is 18.8 Å². The van der Waals surface area contributed by atoms with Gasteiger partial charge in [-0.15, -0.1) is 0 Å². The van der Waals surface area contributed by atoms with E-state index in [0.717, 1.165) is 29.0 Å². The molecule has 4 heteroatoms. The second kappa shape index (κ2) is 8.95. The maximum absolute atomic E-state index is 6.46. The van der Waals surface area contributed by atoms with Crippen molar-refractivity contribution in [2.24, 2.45) is 11.8 Å². The summed E-state index contributed by atoms with van der Waals surface area (Å²) in [5.41, 5.74) is 3.09. The summed E-state index contributed by atoms with van der Waals surface area (Å²) in [5.74, 6) is 2.58. The molecule has 0 aliphatic heterocycles. The predicted molar refractivity (Wildman–Crippen MR) is 112 cm³/mol. The number of hydroxylamine groups is 1. The van der Waals surface area contributed by atoms with E-state index < -0.39 is 0 Å². The quantitative estimate of drug-likeness (QED) is 0.603. The first-order valence-electron chi connectivity index (χ1n) is 10.7. The standard InChI is InChI=1S/C24H32N2O2/c1-18-24(27-2)23(14-15-25-18)26(28-17-19-8-4-3-5-9-19)22-13-12-20-10-6-7-11-21(20)16-22/h3-5,8-9,14-15,20-22H,6-7,10-13,16-17H2,1-2H3/t20-,21+,22?/m0/s1. The SMILES string of the molecule is COc1c(N(OCc2ccccc2)C2CC[C@@H]3CCCC[C@@H]3C2)ccnc1C. The lowest BCUT2D eigenvalue weighted by molar-refractivity contribution is 0.0399. The highest BCUT2D eigenvalue weighted by molar-refractivity contribution is 5.58. The van der Waals surface area contributed by atoms with Crippen molar-refractivity contribution in [3.05, 3.63) is 53.9 Å². The Balaban J connectivity index is 1.59. The van der Waals surface area contributed by atoms with Crippen LogP contribution >= 0.6 is 0 Å². The van der Waals surface area contributed by atoms with Gasteiger partial charge in [0.2, 0.25) is 0 Å². The van der Waals surface area contributed by atoms with Gasteiger partial charge in [-0.2, -0.15) is 0 Å². The molecular formula is C24H32N2O2. The van der Waals surface area contributed by atoms with Crippen LogP contribution in [-0.2, 0) is 11.4 Å². The summed E-state index contributed by atoms with van der Waals surface area (Å²) >= 11 is 0. The molecule has 0 saturated heterocycles. The molecule has 0 spiro atoms. The lowest BCUT2D eigenvalue weighted by Crippen LogP contribution is -2.42. The molecule has 4 nitrogen and oxygen atoms in total. The van der Waals surface area contributed by atoms with E-state index >= 15 is 0 Å². The molecule has 28 heavy (non-hydrogen) atoms. The van der Waals surface area contributed by atoms with Crippen LogP contribution in [0.15, 0.2) is 42.6 Å². The fourth-order valence-electron chi connectivity index (χ4n) is 5.12. The molecule has 2 aliphatic carbocycles. The molecule has 1 aromatic carbocycles. The molecule has 4 rings (SSSR count). The Kier molecular flexibility index (Phi) is 6.16. The molecule has 1 heterocycles. The molecule has 150 valence electrons. The smallest absolute Gasteiger partial charge is 0.165 e. The van der Waals surface area contributed by atoms with Crippen molar-refractivity contribution in [1.29, 1.82) is 0 Å². The molecule has 0 amide bonds. The Morgan fingerprint density at radius 1 is 1.00 bits per heavy atom. The van der Waals surface area contributed by atoms with Gasteiger partial charge < -0.3 is 4.74 Å². The van der Waals surface area contributed by atoms with Gasteiger partial charge in [-0.25, -0.2) is 5.06 Å². The highest BCUT2D eigenvalue weighted by Gasteiger charge is 2.36. The zero-order chi connectivity index (χ0) is 19.3. The third-order valence-electron chi connectivity index (χ3n) is 6.56. The molecule has 1 unspecified atom stereocenters. The van der Waals surface area contributed by atoms with Crippen molar-refractivity contribution < 1.29 is 9.57 Å². The molecular weight excluding hydrogens is 348 g/mol. The first-order chi connectivity index (χ1) is 13.8. The Morgan fingerprint density at radius 3 is 2.57 bits per heavy atom. The Bertz CT molecular complexity index is 764. The molecule has 0 N–H and O–H groups in total. The van der Waals surface area contributed by atoms with Crippen LogP contribution in [-0.4, -0.2) is 18.1 Å². The molecule has 1 aromatic heterocycles. The van der Waals surface area contributed by atoms with Gasteiger partial charge in [0.1, 0.15) is 5.69 Å². The second-order valence-electron chi connectivity index (χ2n) is 8.31. The summed E-state index contributed by atoms with van der Waals surface area (Å²) in [4.78, 5) is 10.9. The monoisotopic (exact) mass is 380 g/mol. The highest BCUT2D eigenvalue weighted by atomic mass is 16.7. The number of fused-ring (bicyclic) bond motifs is 1. The van der Waals surface area contributed by atoms with Crippen molar-refractivity contribution in [1.82, 2.24) is 4.98 Å². The van der Waals surface area contributed by atoms with Gasteiger partial charge in [-0.1, -0.05) is 56.0 Å². The van der Waals surface area contributed by atoms with E-state index in [4.69, 9.17) is 9.57 Å². The van der Waals surface area contributed by atoms with E-state index in [-0.39, 0.29) is 0 Å². The van der Waals surface area contributed by atoms with Gasteiger partial charge in [0.05, 0.1) is 25.5 Å². The van der Waals surface area contributed by atoms with Crippen molar-refractivity contribution >= 4 is 5.69 Å². The second-order valence-corrected chi connectivity index (χ2v) is 8.31. The number of aryl methyl sites for hydroxylation is 1. The van der Waals surface area contributed by atoms with Gasteiger partial charge in [0.15, 0.2) is 5.75 Å². The first kappa shape index (κ1) is 19.3. The number of anilines is 1. The number of nitrogens with zero attached hydrogens (tertiary/aromatic N) is 2. The Labute approximate surface area is 168 Å². The largest absolute Gasteiger partial charge is 0.493 e. The molecule has 0 bridgehead atoms. The topological polar surface area (TPSA) is 34.6 Å². The number of rotatable bonds is 6. The van der Waals surface area contributed by atoms with Crippen molar-refractivity contribution in [2.75, 3.05) is 12.2 Å². The average molecular weight is 381 g/mol. The zero-order valence-electron chi connectivity index (χ0n) is 17.1. The van der Waals surface area contributed by atoms with Gasteiger partial charge in [-0.05, 0) is 49.7 Å². The fourth-order valence-corrected chi connectivity index (χ4v) is 5.12. The minimum absolute atomic E-state index is 0.388. The van der Waals surface area contributed by atoms with Crippen LogP contribution in [0.25, 0.3) is 0 Å². The van der Waals surface area contributed by atoms with Gasteiger partial charge in [0, 0.05) is 6.20 Å². The number of methoxy groups -OCH3 is 1. The summed E-state index contributed by atoms with van der Waals surface area (Å²) in [5, 5.41) is 2.14. The minimum atomic E-state index is 0.388. The molecule has 3 atom stereocenters. The number of hydrogen-bond donors (Lipinski definition) is 0. The van der Waals surface area contributed by atoms with Gasteiger partial charge in [0.25, 0.3) is 0 Å². The van der Waals surface area contributed by atoms with E-state index in [0.29, 0.717) is 12.6 Å². The predicted octanol–water partition coefficient (Wildman–Crippen LogP) is 5.70. The molecule has 2 fully saturated rings. The zero-order valence-corrected chi connectivity index (χ0v) is 17.1. The van der Waals surface area contributed by atoms with Crippen LogP contribution < -0.4 is 9.80 Å². The highest BCUT2D eigenvalue weighted by Crippen LogP contribution is 2.44. The van der Waals surface area contributed by atoms with Crippen LogP contribution in [0.4, 0.5) is 5.69 Å². The fraction of sp³-hybridized carbons (Fsp3) is 0.542. The number of hydrogen-bond acceptors (Lipinski definition) is 4. The summed E-state index contributed by atoms with van der Waals surface area (Å²) in [6.07, 6.45) is 11.2. The van der Waals surface area contributed by atoms with E-state index in [2.05, 4.69) is 34.3 Å². The number of pyridine rings is 1. The maximum atomic E-state index is 6.46. The number of ether oxygens (including phenoxy) is 1.